The molecule has 2 aliphatic heterocycles. The molecule has 0 radical (unpaired) electrons. The summed E-state index contributed by atoms with van der Waals surface area (Å²) in [5.74, 6) is -3.75. The Labute approximate surface area is 236 Å². The Morgan fingerprint density at radius 3 is 2.15 bits per heavy atom. The van der Waals surface area contributed by atoms with E-state index in [2.05, 4.69) is 0 Å². The van der Waals surface area contributed by atoms with Crippen LogP contribution in [0.5, 0.6) is 0 Å². The van der Waals surface area contributed by atoms with Crippen molar-refractivity contribution in [1.29, 1.82) is 0 Å². The number of sulfone groups is 1. The lowest BCUT2D eigenvalue weighted by atomic mass is 9.85. The SMILES string of the molecule is CC(N)c1cccc(S(=O)(=O)N2C[C@@H](C(=O)N3CCS(=O)(=O)CC3)C[C@H](c3ccccc3)C2)c1.O=C(O)C(F)(F)F. The van der Waals surface area contributed by atoms with Crippen molar-refractivity contribution in [2.75, 3.05) is 37.7 Å². The van der Waals surface area contributed by atoms with Crippen LogP contribution < -0.4 is 5.73 Å². The molecule has 0 bridgehead atoms. The largest absolute Gasteiger partial charge is 0.490 e. The van der Waals surface area contributed by atoms with Crippen molar-refractivity contribution in [3.63, 3.8) is 0 Å². The number of nitrogens with zero attached hydrogens (tertiary/aromatic N) is 2. The van der Waals surface area contributed by atoms with Crippen LogP contribution in [0.3, 0.4) is 0 Å². The van der Waals surface area contributed by atoms with Gasteiger partial charge in [0.2, 0.25) is 15.9 Å². The highest BCUT2D eigenvalue weighted by molar-refractivity contribution is 7.91. The number of hydrogen-bond donors (Lipinski definition) is 2. The molecule has 3 N–H and O–H groups in total. The van der Waals surface area contributed by atoms with Crippen LogP contribution in [-0.4, -0.2) is 86.9 Å². The monoisotopic (exact) mass is 619 g/mol. The number of alkyl halides is 3. The molecule has 0 spiro atoms. The average Bonchev–Trinajstić information content (AvgIpc) is 2.92. The molecule has 1 amide bonds. The third-order valence-corrected chi connectivity index (χ3v) is 10.4. The van der Waals surface area contributed by atoms with Gasteiger partial charge >= 0.3 is 12.1 Å². The first-order valence-electron chi connectivity index (χ1n) is 12.7. The average molecular weight is 620 g/mol. The number of nitrogens with two attached hydrogens (primary N) is 1. The lowest BCUT2D eigenvalue weighted by molar-refractivity contribution is -0.192. The third kappa shape index (κ3) is 8.50. The molecule has 0 saturated carbocycles. The quantitative estimate of drug-likeness (QED) is 0.517. The highest BCUT2D eigenvalue weighted by Gasteiger charge is 2.41. The maximum absolute atomic E-state index is 13.6. The second-order valence-corrected chi connectivity index (χ2v) is 14.2. The number of amides is 1. The number of hydrogen-bond acceptors (Lipinski definition) is 7. The first-order valence-corrected chi connectivity index (χ1v) is 16.0. The zero-order valence-corrected chi connectivity index (χ0v) is 23.8. The van der Waals surface area contributed by atoms with Gasteiger partial charge in [-0.2, -0.15) is 17.5 Å². The fourth-order valence-electron chi connectivity index (χ4n) is 4.70. The zero-order chi connectivity index (χ0) is 30.6. The lowest BCUT2D eigenvalue weighted by Crippen LogP contribution is -2.52. The maximum Gasteiger partial charge on any atom is 0.490 e. The number of carbonyl (C=O) groups is 2. The number of carbonyl (C=O) groups excluding carboxylic acids is 1. The minimum Gasteiger partial charge on any atom is -0.475 e. The maximum atomic E-state index is 13.6. The van der Waals surface area contributed by atoms with Gasteiger partial charge in [0.15, 0.2) is 9.84 Å². The lowest BCUT2D eigenvalue weighted by Gasteiger charge is -2.39. The van der Waals surface area contributed by atoms with Gasteiger partial charge < -0.3 is 15.7 Å². The number of aliphatic carboxylic acids is 1. The molecule has 2 aromatic rings. The van der Waals surface area contributed by atoms with Gasteiger partial charge in [-0.25, -0.2) is 21.6 Å². The van der Waals surface area contributed by atoms with Crippen molar-refractivity contribution in [2.45, 2.75) is 36.4 Å². The topological polar surface area (TPSA) is 155 Å². The fourth-order valence-corrected chi connectivity index (χ4v) is 7.49. The van der Waals surface area contributed by atoms with Gasteiger partial charge in [-0.15, -0.1) is 0 Å². The molecule has 2 fully saturated rings. The van der Waals surface area contributed by atoms with Crippen LogP contribution in [0.2, 0.25) is 0 Å². The number of rotatable bonds is 5. The Morgan fingerprint density at radius 1 is 1.02 bits per heavy atom. The van der Waals surface area contributed by atoms with Crippen LogP contribution in [-0.2, 0) is 29.4 Å². The molecule has 1 unspecified atom stereocenters. The molecule has 2 saturated heterocycles. The Hall–Kier alpha value is -3.01. The number of sulfonamides is 1. The van der Waals surface area contributed by atoms with E-state index in [4.69, 9.17) is 15.6 Å². The molecule has 0 aromatic heterocycles. The Bertz CT molecular complexity index is 1440. The van der Waals surface area contributed by atoms with E-state index in [0.29, 0.717) is 6.42 Å². The van der Waals surface area contributed by atoms with Crippen LogP contribution in [0.25, 0.3) is 0 Å². The molecule has 0 aliphatic carbocycles. The van der Waals surface area contributed by atoms with Crippen LogP contribution in [0, 0.1) is 5.92 Å². The first kappa shape index (κ1) is 32.5. The highest BCUT2D eigenvalue weighted by Crippen LogP contribution is 2.34. The molecule has 4 rings (SSSR count). The fraction of sp³-hybridized carbons (Fsp3) is 0.462. The zero-order valence-electron chi connectivity index (χ0n) is 22.2. The van der Waals surface area contributed by atoms with Crippen molar-refractivity contribution in [2.24, 2.45) is 11.7 Å². The molecular weight excluding hydrogens is 587 g/mol. The van der Waals surface area contributed by atoms with Crippen molar-refractivity contribution >= 4 is 31.7 Å². The van der Waals surface area contributed by atoms with Gasteiger partial charge in [-0.3, -0.25) is 4.79 Å². The summed E-state index contributed by atoms with van der Waals surface area (Å²) in [6.07, 6.45) is -4.57. The normalized spacial score (nSPS) is 22.2. The minimum absolute atomic E-state index is 0.0559. The molecule has 3 atom stereocenters. The summed E-state index contributed by atoms with van der Waals surface area (Å²) in [5, 5.41) is 7.12. The van der Waals surface area contributed by atoms with E-state index in [9.17, 15) is 34.8 Å². The first-order chi connectivity index (χ1) is 19.0. The Balaban J connectivity index is 0.000000587. The minimum atomic E-state index is -5.08. The molecular formula is C26H32F3N3O7S2. The third-order valence-electron chi connectivity index (χ3n) is 6.96. The van der Waals surface area contributed by atoms with E-state index in [1.807, 2.05) is 30.3 Å². The van der Waals surface area contributed by atoms with Gasteiger partial charge in [0.25, 0.3) is 0 Å². The molecule has 2 heterocycles. The van der Waals surface area contributed by atoms with E-state index in [1.165, 1.54) is 4.31 Å². The van der Waals surface area contributed by atoms with Gasteiger partial charge in [0.05, 0.1) is 22.3 Å². The molecule has 226 valence electrons. The van der Waals surface area contributed by atoms with Crippen LogP contribution in [0.15, 0.2) is 59.5 Å². The molecule has 15 heteroatoms. The summed E-state index contributed by atoms with van der Waals surface area (Å²) in [4.78, 5) is 24.0. The summed E-state index contributed by atoms with van der Waals surface area (Å²) in [5.41, 5.74) is 7.66. The highest BCUT2D eigenvalue weighted by atomic mass is 32.2. The number of piperidine rings is 1. The van der Waals surface area contributed by atoms with E-state index < -0.39 is 37.9 Å². The van der Waals surface area contributed by atoms with Gasteiger partial charge in [0.1, 0.15) is 0 Å². The van der Waals surface area contributed by atoms with Crippen LogP contribution in [0.4, 0.5) is 13.2 Å². The number of benzene rings is 2. The van der Waals surface area contributed by atoms with Crippen molar-refractivity contribution < 1.29 is 44.7 Å². The van der Waals surface area contributed by atoms with Crippen molar-refractivity contribution in [1.82, 2.24) is 9.21 Å². The molecule has 2 aliphatic rings. The van der Waals surface area contributed by atoms with E-state index >= 15 is 0 Å². The molecule has 10 nitrogen and oxygen atoms in total. The summed E-state index contributed by atoms with van der Waals surface area (Å²) < 4.78 is 84.1. The van der Waals surface area contributed by atoms with E-state index in [0.717, 1.165) is 11.1 Å². The van der Waals surface area contributed by atoms with Gasteiger partial charge in [-0.05, 0) is 42.5 Å². The van der Waals surface area contributed by atoms with Crippen molar-refractivity contribution in [3.8, 4) is 0 Å². The summed E-state index contributed by atoms with van der Waals surface area (Å²) in [6, 6.07) is 15.9. The number of halogens is 3. The Morgan fingerprint density at radius 2 is 1.61 bits per heavy atom. The van der Waals surface area contributed by atoms with Crippen LogP contribution >= 0.6 is 0 Å². The molecule has 41 heavy (non-hydrogen) atoms. The standard InChI is InChI=1S/C24H31N3O5S2.C2HF3O2/c1-18(25)20-8-5-9-23(15-20)34(31,32)27-16-21(19-6-3-2-4-7-19)14-22(17-27)24(28)26-10-12-33(29,30)13-11-26;3-2(4,5)1(6)7/h2-9,15,18,21-22H,10-14,16-17,25H2,1H3;(H,6,7)/t18?,21-,22-;/m0./s1. The van der Waals surface area contributed by atoms with E-state index in [1.54, 1.807) is 36.1 Å². The van der Waals surface area contributed by atoms with E-state index in [-0.39, 0.29) is 60.4 Å². The van der Waals surface area contributed by atoms with Gasteiger partial charge in [0, 0.05) is 32.2 Å². The molecule has 2 aromatic carbocycles. The van der Waals surface area contributed by atoms with Gasteiger partial charge in [-0.1, -0.05) is 42.5 Å². The summed E-state index contributed by atoms with van der Waals surface area (Å²) in [6.45, 7) is 2.43. The predicted molar refractivity (Wildman–Crippen MR) is 144 cm³/mol. The summed E-state index contributed by atoms with van der Waals surface area (Å²) in [7, 11) is -6.99. The van der Waals surface area contributed by atoms with Crippen molar-refractivity contribution in [3.05, 3.63) is 65.7 Å². The predicted octanol–water partition coefficient (Wildman–Crippen LogP) is 2.39. The number of carboxylic acids is 1. The van der Waals surface area contributed by atoms with Crippen LogP contribution in [0.1, 0.15) is 36.4 Å². The smallest absolute Gasteiger partial charge is 0.475 e. The second-order valence-electron chi connectivity index (χ2n) is 10.0. The summed E-state index contributed by atoms with van der Waals surface area (Å²) >= 11 is 0. The second kappa shape index (κ2) is 12.9. The Kier molecular flexibility index (Phi) is 10.2. The number of carboxylic acid groups (broad SMARTS) is 1.